The summed E-state index contributed by atoms with van der Waals surface area (Å²) in [5.41, 5.74) is 5.52. The molecule has 13 heteroatoms. The minimum atomic E-state index is -4.66. The highest BCUT2D eigenvalue weighted by Gasteiger charge is 2.54. The molecule has 238 valence electrons. The highest BCUT2D eigenvalue weighted by molar-refractivity contribution is 9.10. The van der Waals surface area contributed by atoms with Gasteiger partial charge >= 0.3 is 12.1 Å². The van der Waals surface area contributed by atoms with Gasteiger partial charge in [0, 0.05) is 24.7 Å². The summed E-state index contributed by atoms with van der Waals surface area (Å²) in [6.07, 6.45) is -3.11. The lowest BCUT2D eigenvalue weighted by atomic mass is 9.92. The molecule has 0 radical (unpaired) electrons. The number of hydrogen-bond acceptors (Lipinski definition) is 6. The van der Waals surface area contributed by atoms with Crippen LogP contribution in [-0.4, -0.2) is 48.6 Å². The van der Waals surface area contributed by atoms with Crippen LogP contribution in [0.2, 0.25) is 5.02 Å². The van der Waals surface area contributed by atoms with E-state index in [2.05, 4.69) is 15.9 Å². The number of carbonyl (C=O) groups is 2. The first-order valence-corrected chi connectivity index (χ1v) is 15.2. The number of benzene rings is 3. The second-order valence-electron chi connectivity index (χ2n) is 10.7. The van der Waals surface area contributed by atoms with Crippen molar-refractivity contribution in [1.82, 2.24) is 4.90 Å². The number of primary amides is 1. The number of nitrogens with zero attached hydrogens (tertiary/aromatic N) is 1. The van der Waals surface area contributed by atoms with E-state index < -0.39 is 46.6 Å². The number of amides is 1. The monoisotopic (exact) mass is 710 g/mol. The number of ether oxygens (including phenoxy) is 3. The first-order valence-electron chi connectivity index (χ1n) is 14.0. The molecule has 3 aromatic carbocycles. The van der Waals surface area contributed by atoms with E-state index in [0.717, 1.165) is 11.6 Å². The minimum Gasteiger partial charge on any atom is -0.490 e. The third-order valence-corrected chi connectivity index (χ3v) is 8.93. The summed E-state index contributed by atoms with van der Waals surface area (Å²) in [7, 11) is 0. The van der Waals surface area contributed by atoms with Crippen LogP contribution in [0, 0.1) is 5.82 Å². The lowest BCUT2D eigenvalue weighted by Gasteiger charge is -2.35. The van der Waals surface area contributed by atoms with Crippen molar-refractivity contribution < 1.29 is 41.4 Å². The average molecular weight is 712 g/mol. The Bertz CT molecular complexity index is 1630. The summed E-state index contributed by atoms with van der Waals surface area (Å²) in [5.74, 6) is -0.734. The van der Waals surface area contributed by atoms with Gasteiger partial charge in [0.25, 0.3) is 0 Å². The van der Waals surface area contributed by atoms with Crippen LogP contribution in [-0.2, 0) is 27.1 Å². The lowest BCUT2D eigenvalue weighted by Crippen LogP contribution is -2.50. The fraction of sp³-hybridized carbons (Fsp3) is 0.312. The van der Waals surface area contributed by atoms with Gasteiger partial charge in [0.2, 0.25) is 5.91 Å². The first-order chi connectivity index (χ1) is 21.4. The summed E-state index contributed by atoms with van der Waals surface area (Å²) in [5, 5.41) is -0.535. The summed E-state index contributed by atoms with van der Waals surface area (Å²) < 4.78 is 70.9. The molecular formula is C32H28BrClF4N2O5. The number of carbonyl (C=O) groups excluding carboxylic acids is 2. The molecule has 0 bridgehead atoms. The first kappa shape index (κ1) is 32.8. The smallest absolute Gasteiger partial charge is 0.417 e. The molecule has 45 heavy (non-hydrogen) atoms. The highest BCUT2D eigenvalue weighted by atomic mass is 79.9. The van der Waals surface area contributed by atoms with Crippen molar-refractivity contribution in [2.24, 2.45) is 5.73 Å². The molecule has 0 spiro atoms. The Morgan fingerprint density at radius 2 is 1.73 bits per heavy atom. The number of nitrogens with two attached hydrogens (primary N) is 1. The molecule has 1 aliphatic heterocycles. The van der Waals surface area contributed by atoms with Gasteiger partial charge in [0.15, 0.2) is 0 Å². The summed E-state index contributed by atoms with van der Waals surface area (Å²) in [4.78, 5) is 27.6. The maximum atomic E-state index is 13.5. The van der Waals surface area contributed by atoms with Crippen molar-refractivity contribution in [3.8, 4) is 11.5 Å². The minimum absolute atomic E-state index is 0.0145. The lowest BCUT2D eigenvalue weighted by molar-refractivity contribution is -0.141. The molecule has 0 aromatic heterocycles. The third kappa shape index (κ3) is 7.45. The number of alkyl halides is 3. The molecule has 5 rings (SSSR count). The van der Waals surface area contributed by atoms with Crippen molar-refractivity contribution in [2.45, 2.75) is 37.6 Å². The molecule has 2 N–H and O–H groups in total. The zero-order chi connectivity index (χ0) is 32.4. The standard InChI is InChI=1S/C32H28BrClF4N2O5/c33-26-9-6-21(35)16-27(26)44-15-14-43-22-7-4-19(5-8-22)23-10-13-40(31(11-12-31)30(39)42)17-24(23)29(41)45-18-20-2-1-3-25(28(20)34)32(36,37)38/h1-9,16H,10-15,17-18H2,(H2,39,42). The van der Waals surface area contributed by atoms with E-state index >= 15 is 0 Å². The molecule has 1 heterocycles. The number of rotatable bonds is 11. The second-order valence-corrected chi connectivity index (χ2v) is 11.9. The van der Waals surface area contributed by atoms with Gasteiger partial charge in [-0.15, -0.1) is 0 Å². The number of halogens is 6. The van der Waals surface area contributed by atoms with E-state index in [0.29, 0.717) is 47.4 Å². The van der Waals surface area contributed by atoms with Gasteiger partial charge in [-0.3, -0.25) is 9.69 Å². The Morgan fingerprint density at radius 1 is 1.02 bits per heavy atom. The maximum absolute atomic E-state index is 13.5. The molecule has 0 atom stereocenters. The predicted molar refractivity (Wildman–Crippen MR) is 162 cm³/mol. The molecule has 1 fully saturated rings. The van der Waals surface area contributed by atoms with Crippen LogP contribution < -0.4 is 15.2 Å². The van der Waals surface area contributed by atoms with Crippen molar-refractivity contribution >= 4 is 45.0 Å². The van der Waals surface area contributed by atoms with Gasteiger partial charge in [-0.1, -0.05) is 35.9 Å². The van der Waals surface area contributed by atoms with E-state index in [4.69, 9.17) is 31.5 Å². The Hall–Kier alpha value is -3.61. The highest BCUT2D eigenvalue weighted by Crippen LogP contribution is 2.45. The fourth-order valence-electron chi connectivity index (χ4n) is 5.26. The Labute approximate surface area is 270 Å². The molecule has 2 aliphatic rings. The molecule has 1 saturated carbocycles. The van der Waals surface area contributed by atoms with Crippen molar-refractivity contribution in [2.75, 3.05) is 26.3 Å². The van der Waals surface area contributed by atoms with Crippen LogP contribution in [0.25, 0.3) is 5.57 Å². The van der Waals surface area contributed by atoms with Gasteiger partial charge in [0.05, 0.1) is 20.6 Å². The molecule has 0 saturated heterocycles. The van der Waals surface area contributed by atoms with E-state index in [1.54, 1.807) is 30.3 Å². The summed E-state index contributed by atoms with van der Waals surface area (Å²) in [6, 6.07) is 14.6. The van der Waals surface area contributed by atoms with Crippen LogP contribution in [0.15, 0.2) is 70.7 Å². The number of hydrogen-bond donors (Lipinski definition) is 1. The van der Waals surface area contributed by atoms with Crippen LogP contribution >= 0.6 is 27.5 Å². The molecule has 3 aromatic rings. The molecule has 7 nitrogen and oxygen atoms in total. The van der Waals surface area contributed by atoms with Crippen molar-refractivity contribution in [3.63, 3.8) is 0 Å². The zero-order valence-electron chi connectivity index (χ0n) is 23.8. The van der Waals surface area contributed by atoms with Gasteiger partial charge in [-0.2, -0.15) is 13.2 Å². The average Bonchev–Trinajstić information content (AvgIpc) is 3.82. The maximum Gasteiger partial charge on any atom is 0.417 e. The van der Waals surface area contributed by atoms with Crippen LogP contribution in [0.3, 0.4) is 0 Å². The van der Waals surface area contributed by atoms with E-state index in [1.165, 1.54) is 24.3 Å². The molecule has 0 unspecified atom stereocenters. The summed E-state index contributed by atoms with van der Waals surface area (Å²) >= 11 is 9.30. The normalized spacial score (nSPS) is 16.3. The quantitative estimate of drug-likeness (QED) is 0.132. The second kappa shape index (κ2) is 13.4. The Balaban J connectivity index is 1.31. The van der Waals surface area contributed by atoms with Gasteiger partial charge < -0.3 is 19.9 Å². The van der Waals surface area contributed by atoms with E-state index in [1.807, 2.05) is 4.90 Å². The largest absolute Gasteiger partial charge is 0.490 e. The Kier molecular flexibility index (Phi) is 9.76. The van der Waals surface area contributed by atoms with Crippen LogP contribution in [0.4, 0.5) is 17.6 Å². The van der Waals surface area contributed by atoms with E-state index in [9.17, 15) is 27.2 Å². The Morgan fingerprint density at radius 3 is 2.40 bits per heavy atom. The predicted octanol–water partition coefficient (Wildman–Crippen LogP) is 6.94. The topological polar surface area (TPSA) is 91.1 Å². The van der Waals surface area contributed by atoms with Crippen LogP contribution in [0.1, 0.15) is 36.0 Å². The number of esters is 1. The van der Waals surface area contributed by atoms with Crippen molar-refractivity contribution in [1.29, 1.82) is 0 Å². The summed E-state index contributed by atoms with van der Waals surface area (Å²) in [6.45, 7) is 0.432. The van der Waals surface area contributed by atoms with Gasteiger partial charge in [0.1, 0.15) is 42.7 Å². The SMILES string of the molecule is NC(=O)C1(N2CCC(c3ccc(OCCOc4cc(F)ccc4Br)cc3)=C(C(=O)OCc3cccc(C(F)(F)F)c3Cl)C2)CC1. The van der Waals surface area contributed by atoms with Gasteiger partial charge in [-0.25, -0.2) is 9.18 Å². The van der Waals surface area contributed by atoms with E-state index in [-0.39, 0.29) is 30.9 Å². The fourth-order valence-corrected chi connectivity index (χ4v) is 5.91. The van der Waals surface area contributed by atoms with Crippen LogP contribution in [0.5, 0.6) is 11.5 Å². The third-order valence-electron chi connectivity index (χ3n) is 7.83. The van der Waals surface area contributed by atoms with Gasteiger partial charge in [-0.05, 0) is 76.7 Å². The zero-order valence-corrected chi connectivity index (χ0v) is 26.1. The molecule has 1 aliphatic carbocycles. The molecule has 1 amide bonds. The molecular weight excluding hydrogens is 684 g/mol. The van der Waals surface area contributed by atoms with Crippen molar-refractivity contribution in [3.05, 3.63) is 98.2 Å².